The minimum Gasteiger partial charge on any atom is -0.662 e. The van der Waals surface area contributed by atoms with Gasteiger partial charge in [-0.2, -0.15) is 6.92 Å². The van der Waals surface area contributed by atoms with Crippen molar-refractivity contribution in [2.75, 3.05) is 0 Å². The Labute approximate surface area is 57.7 Å². The molecule has 0 spiro atoms. The van der Waals surface area contributed by atoms with Gasteiger partial charge in [0.2, 0.25) is 0 Å². The van der Waals surface area contributed by atoms with Gasteiger partial charge in [0.25, 0.3) is 0 Å². The molecule has 0 heterocycles. The Hall–Kier alpha value is 0.644. The van der Waals surface area contributed by atoms with Gasteiger partial charge in [0.15, 0.2) is 0 Å². The maximum absolute atomic E-state index is 3.24. The Bertz CT molecular complexity index is 22.1. The van der Waals surface area contributed by atoms with E-state index in [1.165, 1.54) is 0 Å². The van der Waals surface area contributed by atoms with Crippen molar-refractivity contribution in [2.24, 2.45) is 4.99 Å². The normalized spacial score (nSPS) is 7.40. The van der Waals surface area contributed by atoms with E-state index < -0.39 is 0 Å². The van der Waals surface area contributed by atoms with Crippen LogP contribution in [0.2, 0.25) is 0 Å². The van der Waals surface area contributed by atoms with E-state index in [4.69, 9.17) is 0 Å². The number of hydrogen-bond acceptors (Lipinski definition) is 1. The summed E-state index contributed by atoms with van der Waals surface area (Å²) in [6.45, 7) is 1.70. The maximum Gasteiger partial charge on any atom is 0 e. The van der Waals surface area contributed by atoms with Crippen LogP contribution in [0, 0.1) is 7.05 Å². The van der Waals surface area contributed by atoms with Crippen molar-refractivity contribution in [3.63, 3.8) is 0 Å². The summed E-state index contributed by atoms with van der Waals surface area (Å²) in [6.07, 6.45) is 2.44. The zero-order valence-electron chi connectivity index (χ0n) is 3.23. The Kier molecular flexibility index (Phi) is 16.2. The van der Waals surface area contributed by atoms with Crippen LogP contribution in [-0.4, -0.2) is 6.21 Å². The van der Waals surface area contributed by atoms with Crippen molar-refractivity contribution in [3.05, 3.63) is 7.05 Å². The molecule has 0 aliphatic carbocycles. The number of hydrogen-bond donors (Lipinski definition) is 0. The second kappa shape index (κ2) is 8.82. The van der Waals surface area contributed by atoms with Gasteiger partial charge in [0.05, 0.1) is 0 Å². The van der Waals surface area contributed by atoms with Crippen molar-refractivity contribution in [1.82, 2.24) is 0 Å². The van der Waals surface area contributed by atoms with Crippen LogP contribution in [0.4, 0.5) is 0 Å². The van der Waals surface area contributed by atoms with Crippen LogP contribution < -0.4 is 0 Å². The van der Waals surface area contributed by atoms with Gasteiger partial charge in [0.1, 0.15) is 0 Å². The summed E-state index contributed by atoms with van der Waals surface area (Å²) < 4.78 is 0. The fraction of sp³-hybridized carbons (Fsp3) is 0.333. The Morgan fingerprint density at radius 3 is 2.00 bits per heavy atom. The quantitative estimate of drug-likeness (QED) is 0.351. The minimum atomic E-state index is 0. The summed E-state index contributed by atoms with van der Waals surface area (Å²) >= 11 is 0. The summed E-state index contributed by atoms with van der Waals surface area (Å²) in [7, 11) is 3.12. The average molecular weight is 144 g/mol. The summed E-state index contributed by atoms with van der Waals surface area (Å²) in [5, 5.41) is 0. The average Bonchev–Trinajstić information content (AvgIpc) is 1.37. The molecule has 1 radical (unpaired) electrons. The molecule has 0 saturated carbocycles. The van der Waals surface area contributed by atoms with Gasteiger partial charge in [-0.05, 0) is 0 Å². The molecule has 1 nitrogen and oxygen atoms in total. The molecule has 2 heteroatoms. The first-order chi connectivity index (χ1) is 1.91. The first kappa shape index (κ1) is 9.17. The molecule has 0 amide bonds. The third-order valence-electron chi connectivity index (χ3n) is 0.158. The number of nitrogens with zero attached hydrogens (tertiary/aromatic N) is 1. The van der Waals surface area contributed by atoms with Crippen LogP contribution in [-0.2, 0) is 32.7 Å². The molecule has 0 rings (SSSR count). The van der Waals surface area contributed by atoms with Crippen molar-refractivity contribution in [3.8, 4) is 0 Å². The Morgan fingerprint density at radius 1 is 1.80 bits per heavy atom. The third kappa shape index (κ3) is 12.0. The molecule has 0 aromatic heterocycles. The minimum absolute atomic E-state index is 0. The van der Waals surface area contributed by atoms with E-state index in [0.29, 0.717) is 0 Å². The summed E-state index contributed by atoms with van der Waals surface area (Å²) in [5.41, 5.74) is 0. The Balaban J connectivity index is 0. The first-order valence-corrected chi connectivity index (χ1v) is 1.04. The van der Waals surface area contributed by atoms with Gasteiger partial charge in [-0.25, -0.2) is 0 Å². The topological polar surface area (TPSA) is 12.4 Å². The second-order valence-electron chi connectivity index (χ2n) is 0.382. The van der Waals surface area contributed by atoms with Gasteiger partial charge in [0, 0.05) is 32.7 Å². The zero-order valence-corrected chi connectivity index (χ0v) is 6.07. The standard InChI is InChI=1S/C3H5N.Y/c1-3-4-2;/h2H2,1H3;/q-2;. The summed E-state index contributed by atoms with van der Waals surface area (Å²) in [6, 6.07) is 0. The van der Waals surface area contributed by atoms with Crippen molar-refractivity contribution in [1.29, 1.82) is 0 Å². The molecule has 0 saturated heterocycles. The molecule has 0 unspecified atom stereocenters. The fourth-order valence-corrected chi connectivity index (χ4v) is 0. The maximum atomic E-state index is 3.24. The molecule has 0 aliphatic heterocycles. The van der Waals surface area contributed by atoms with Gasteiger partial charge >= 0.3 is 0 Å². The van der Waals surface area contributed by atoms with Gasteiger partial charge in [-0.1, -0.05) is 0 Å². The van der Waals surface area contributed by atoms with Crippen LogP contribution in [0.15, 0.2) is 4.99 Å². The first-order valence-electron chi connectivity index (χ1n) is 1.04. The van der Waals surface area contributed by atoms with E-state index in [1.54, 1.807) is 6.92 Å². The van der Waals surface area contributed by atoms with Crippen molar-refractivity contribution < 1.29 is 32.7 Å². The van der Waals surface area contributed by atoms with E-state index in [0.717, 1.165) is 0 Å². The third-order valence-corrected chi connectivity index (χ3v) is 0.158. The van der Waals surface area contributed by atoms with E-state index in [-0.39, 0.29) is 32.7 Å². The molecule has 0 N–H and O–H groups in total. The molecule has 27 valence electrons. The summed E-state index contributed by atoms with van der Waals surface area (Å²) in [5.74, 6) is 0. The summed E-state index contributed by atoms with van der Waals surface area (Å²) in [4.78, 5) is 3.24. The smallest absolute Gasteiger partial charge is 0 e. The van der Waals surface area contributed by atoms with Gasteiger partial charge in [-0.3, -0.25) is 0 Å². The molecule has 0 atom stereocenters. The van der Waals surface area contributed by atoms with Crippen LogP contribution in [0.3, 0.4) is 0 Å². The van der Waals surface area contributed by atoms with Crippen LogP contribution >= 0.6 is 0 Å². The van der Waals surface area contributed by atoms with Crippen molar-refractivity contribution >= 4 is 6.21 Å². The number of aliphatic imine (C=N–C) groups is 1. The van der Waals surface area contributed by atoms with E-state index in [1.807, 2.05) is 0 Å². The monoisotopic (exact) mass is 144 g/mol. The van der Waals surface area contributed by atoms with Gasteiger partial charge in [-0.15, -0.1) is 0 Å². The molecule has 0 fully saturated rings. The van der Waals surface area contributed by atoms with Crippen LogP contribution in [0.25, 0.3) is 0 Å². The van der Waals surface area contributed by atoms with E-state index >= 15 is 0 Å². The SMILES string of the molecule is [CH2-]N=[C-]C.[Y]. The molecule has 5 heavy (non-hydrogen) atoms. The largest absolute Gasteiger partial charge is 0.662 e. The van der Waals surface area contributed by atoms with Crippen LogP contribution in [0.1, 0.15) is 6.92 Å². The second-order valence-corrected chi connectivity index (χ2v) is 0.382. The molecular weight excluding hydrogens is 139 g/mol. The van der Waals surface area contributed by atoms with Crippen molar-refractivity contribution in [2.45, 2.75) is 6.92 Å². The number of rotatable bonds is 0. The molecule has 0 aromatic rings. The van der Waals surface area contributed by atoms with Crippen LogP contribution in [0.5, 0.6) is 0 Å². The zero-order chi connectivity index (χ0) is 3.41. The Morgan fingerprint density at radius 2 is 2.00 bits per heavy atom. The van der Waals surface area contributed by atoms with E-state index in [2.05, 4.69) is 18.3 Å². The van der Waals surface area contributed by atoms with Gasteiger partial charge < -0.3 is 18.3 Å². The predicted octanol–water partition coefficient (Wildman–Crippen LogP) is 0.743. The molecule has 0 bridgehead atoms. The fourth-order valence-electron chi connectivity index (χ4n) is 0. The molecular formula is C3H5NY-2. The predicted molar refractivity (Wildman–Crippen MR) is 18.5 cm³/mol. The molecule has 0 aromatic carbocycles. The van der Waals surface area contributed by atoms with E-state index in [9.17, 15) is 0 Å². The molecule has 0 aliphatic rings.